The monoisotopic (exact) mass is 609 g/mol. The lowest BCUT2D eigenvalue weighted by Gasteiger charge is -2.28. The van der Waals surface area contributed by atoms with Crippen LogP contribution in [0.15, 0.2) is 84.0 Å². The molecule has 0 bridgehead atoms. The van der Waals surface area contributed by atoms with Gasteiger partial charge in [-0.05, 0) is 76.7 Å². The minimum Gasteiger partial charge on any atom is -0.326 e. The van der Waals surface area contributed by atoms with Crippen LogP contribution in [0.3, 0.4) is 0 Å². The zero-order valence-corrected chi connectivity index (χ0v) is 21.3. The van der Waals surface area contributed by atoms with Gasteiger partial charge in [0.05, 0.1) is 12.1 Å². The maximum Gasteiger partial charge on any atom is 0.335 e. The number of rotatable bonds is 7. The fourth-order valence-electron chi connectivity index (χ4n) is 3.48. The molecule has 1 atom stereocenters. The van der Waals surface area contributed by atoms with Gasteiger partial charge < -0.3 is 5.32 Å². The summed E-state index contributed by atoms with van der Waals surface area (Å²) in [4.78, 5) is 62.7. The maximum atomic E-state index is 12.8. The van der Waals surface area contributed by atoms with Gasteiger partial charge in [0.1, 0.15) is 0 Å². The Morgan fingerprint density at radius 3 is 2.30 bits per heavy atom. The lowest BCUT2D eigenvalue weighted by Crippen LogP contribution is -2.58. The van der Waals surface area contributed by atoms with Crippen LogP contribution in [0.2, 0.25) is 0 Å². The molecule has 0 unspecified atom stereocenters. The molecule has 1 aliphatic rings. The van der Waals surface area contributed by atoms with Crippen LogP contribution in [0.25, 0.3) is 0 Å². The largest absolute Gasteiger partial charge is 0.335 e. The smallest absolute Gasteiger partial charge is 0.326 e. The number of nitrogens with zero attached hydrogens (tertiary/aromatic N) is 2. The normalized spacial score (nSPS) is 15.4. The Hall–Kier alpha value is -4.39. The molecule has 0 saturated carbocycles. The van der Waals surface area contributed by atoms with Gasteiger partial charge in [-0.2, -0.15) is 5.10 Å². The van der Waals surface area contributed by atoms with Gasteiger partial charge >= 0.3 is 6.03 Å². The van der Waals surface area contributed by atoms with Crippen LogP contribution in [0, 0.1) is 9.49 Å². The lowest BCUT2D eigenvalue weighted by atomic mass is 10.1. The fourth-order valence-corrected chi connectivity index (χ4v) is 3.84. The van der Waals surface area contributed by atoms with E-state index in [4.69, 9.17) is 0 Å². The van der Waals surface area contributed by atoms with Crippen LogP contribution in [0.4, 0.5) is 16.2 Å². The minimum absolute atomic E-state index is 0.193. The van der Waals surface area contributed by atoms with Crippen LogP contribution >= 0.6 is 22.6 Å². The summed E-state index contributed by atoms with van der Waals surface area (Å²) in [6.07, 6.45) is 1.19. The second-order valence-corrected chi connectivity index (χ2v) is 9.17. The molecule has 4 rings (SSSR count). The molecule has 3 aromatic carbocycles. The summed E-state index contributed by atoms with van der Waals surface area (Å²) in [5.74, 6) is -3.82. The Morgan fingerprint density at radius 1 is 0.946 bits per heavy atom. The average Bonchev–Trinajstić information content (AvgIpc) is 2.88. The molecule has 10 nitrogen and oxygen atoms in total. The number of imide groups is 2. The van der Waals surface area contributed by atoms with E-state index in [0.717, 1.165) is 20.2 Å². The highest BCUT2D eigenvalue weighted by Crippen LogP contribution is 2.21. The molecule has 11 heteroatoms. The Balaban J connectivity index is 1.35. The number of halogens is 1. The molecule has 1 fully saturated rings. The maximum absolute atomic E-state index is 12.8. The van der Waals surface area contributed by atoms with E-state index in [1.54, 1.807) is 36.4 Å². The van der Waals surface area contributed by atoms with E-state index in [1.807, 2.05) is 30.3 Å². The Labute approximate surface area is 225 Å². The van der Waals surface area contributed by atoms with Crippen LogP contribution in [-0.2, 0) is 20.8 Å². The number of hydrazone groups is 1. The first-order chi connectivity index (χ1) is 17.8. The van der Waals surface area contributed by atoms with Gasteiger partial charge in [0.2, 0.25) is 11.8 Å². The van der Waals surface area contributed by atoms with Crippen molar-refractivity contribution in [1.82, 2.24) is 10.7 Å². The highest BCUT2D eigenvalue weighted by molar-refractivity contribution is 14.1. The van der Waals surface area contributed by atoms with Crippen molar-refractivity contribution in [3.05, 3.63) is 93.6 Å². The number of amides is 6. The standard InChI is InChI=1S/C26H20IN5O5/c27-18-8-12-20(13-9-18)32-25(36)21(24(35)30-26(32)37)15-28-31-23(34)17-6-10-19(11-7-17)29-22(33)14-16-4-2-1-3-5-16/h1-13,15,21H,14H2,(H,29,33)(H,31,34)(H,30,35,37)/b28-15-/t21-/m0/s1. The van der Waals surface area contributed by atoms with Crippen molar-refractivity contribution in [2.24, 2.45) is 11.0 Å². The highest BCUT2D eigenvalue weighted by atomic mass is 127. The minimum atomic E-state index is -1.40. The average molecular weight is 609 g/mol. The number of benzene rings is 3. The second kappa shape index (κ2) is 11.6. The van der Waals surface area contributed by atoms with E-state index in [1.165, 1.54) is 12.1 Å². The molecule has 1 heterocycles. The Bertz CT molecular complexity index is 1370. The lowest BCUT2D eigenvalue weighted by molar-refractivity contribution is -0.131. The van der Waals surface area contributed by atoms with Crippen molar-refractivity contribution in [2.75, 3.05) is 10.2 Å². The zero-order valence-electron chi connectivity index (χ0n) is 19.2. The zero-order chi connectivity index (χ0) is 26.4. The molecule has 1 saturated heterocycles. The van der Waals surface area contributed by atoms with Crippen molar-refractivity contribution in [1.29, 1.82) is 0 Å². The van der Waals surface area contributed by atoms with E-state index in [0.29, 0.717) is 11.4 Å². The fraction of sp³-hybridized carbons (Fsp3) is 0.0769. The second-order valence-electron chi connectivity index (χ2n) is 7.93. The van der Waals surface area contributed by atoms with Crippen molar-refractivity contribution in [3.63, 3.8) is 0 Å². The molecule has 0 radical (unpaired) electrons. The topological polar surface area (TPSA) is 137 Å². The van der Waals surface area contributed by atoms with Gasteiger partial charge in [0, 0.05) is 21.0 Å². The number of hydrogen-bond donors (Lipinski definition) is 3. The third-order valence-electron chi connectivity index (χ3n) is 5.32. The highest BCUT2D eigenvalue weighted by Gasteiger charge is 2.40. The van der Waals surface area contributed by atoms with Crippen LogP contribution in [-0.4, -0.2) is 35.9 Å². The molecule has 3 aromatic rings. The summed E-state index contributed by atoms with van der Waals surface area (Å²) in [7, 11) is 0. The van der Waals surface area contributed by atoms with Crippen molar-refractivity contribution in [3.8, 4) is 0 Å². The summed E-state index contributed by atoms with van der Waals surface area (Å²) in [5.41, 5.74) is 4.20. The third kappa shape index (κ3) is 6.44. The van der Waals surface area contributed by atoms with E-state index in [-0.39, 0.29) is 17.9 Å². The van der Waals surface area contributed by atoms with Gasteiger partial charge in [0.25, 0.3) is 11.8 Å². The van der Waals surface area contributed by atoms with Gasteiger partial charge in [-0.15, -0.1) is 0 Å². The summed E-state index contributed by atoms with van der Waals surface area (Å²) < 4.78 is 0.908. The summed E-state index contributed by atoms with van der Waals surface area (Å²) in [6, 6.07) is 21.2. The molecule has 37 heavy (non-hydrogen) atoms. The first kappa shape index (κ1) is 25.7. The number of urea groups is 1. The van der Waals surface area contributed by atoms with Crippen LogP contribution in [0.1, 0.15) is 15.9 Å². The van der Waals surface area contributed by atoms with Gasteiger partial charge in [0.15, 0.2) is 5.92 Å². The van der Waals surface area contributed by atoms with Crippen molar-refractivity contribution in [2.45, 2.75) is 6.42 Å². The van der Waals surface area contributed by atoms with Crippen LogP contribution < -0.4 is 21.0 Å². The van der Waals surface area contributed by atoms with E-state index in [2.05, 4.69) is 43.8 Å². The number of carbonyl (C=O) groups is 5. The molecule has 1 aliphatic heterocycles. The van der Waals surface area contributed by atoms with Gasteiger partial charge in [-0.3, -0.25) is 24.5 Å². The first-order valence-electron chi connectivity index (χ1n) is 11.0. The van der Waals surface area contributed by atoms with Crippen molar-refractivity contribution < 1.29 is 24.0 Å². The molecule has 0 spiro atoms. The molecule has 6 amide bonds. The number of anilines is 2. The van der Waals surface area contributed by atoms with Crippen LogP contribution in [0.5, 0.6) is 0 Å². The van der Waals surface area contributed by atoms with E-state index in [9.17, 15) is 24.0 Å². The molecule has 3 N–H and O–H groups in total. The third-order valence-corrected chi connectivity index (χ3v) is 6.03. The Morgan fingerprint density at radius 2 is 1.62 bits per heavy atom. The summed E-state index contributed by atoms with van der Waals surface area (Å²) >= 11 is 2.09. The van der Waals surface area contributed by atoms with Crippen molar-refractivity contribution >= 4 is 69.8 Å². The van der Waals surface area contributed by atoms with Gasteiger partial charge in [-0.1, -0.05) is 30.3 Å². The predicted octanol–water partition coefficient (Wildman–Crippen LogP) is 3.09. The molecular formula is C26H20IN5O5. The first-order valence-corrected chi connectivity index (χ1v) is 12.1. The molecule has 0 aliphatic carbocycles. The number of carbonyl (C=O) groups excluding carboxylic acids is 5. The number of hydrogen-bond acceptors (Lipinski definition) is 6. The summed E-state index contributed by atoms with van der Waals surface area (Å²) in [5, 5.41) is 8.62. The summed E-state index contributed by atoms with van der Waals surface area (Å²) in [6.45, 7) is 0. The van der Waals surface area contributed by atoms with E-state index < -0.39 is 29.7 Å². The Kier molecular flexibility index (Phi) is 8.03. The van der Waals surface area contributed by atoms with E-state index >= 15 is 0 Å². The van der Waals surface area contributed by atoms with Gasteiger partial charge in [-0.25, -0.2) is 15.1 Å². The SMILES string of the molecule is O=C(Cc1ccccc1)Nc1ccc(C(=O)N/N=C\[C@H]2C(=O)NC(=O)N(c3ccc(I)cc3)C2=O)cc1. The quantitative estimate of drug-likeness (QED) is 0.164. The predicted molar refractivity (Wildman–Crippen MR) is 145 cm³/mol. The number of barbiturate groups is 1. The molecular weight excluding hydrogens is 589 g/mol. The number of nitrogens with one attached hydrogen (secondary N) is 3. The molecule has 186 valence electrons. The molecule has 0 aromatic heterocycles.